The number of rotatable bonds is 2. The molecule has 0 aliphatic heterocycles. The first-order valence-electron chi connectivity index (χ1n) is 2.46. The summed E-state index contributed by atoms with van der Waals surface area (Å²) in [6, 6.07) is 0. The minimum atomic E-state index is -3.66. The Bertz CT molecular complexity index is 47.0. The zero-order valence-corrected chi connectivity index (χ0v) is 7.04. The Morgan fingerprint density at radius 3 is 2.00 bits per heavy atom. The molecule has 0 saturated carbocycles. The zero-order valence-electron chi connectivity index (χ0n) is 4.62. The van der Waals surface area contributed by atoms with Crippen molar-refractivity contribution in [3.8, 4) is 0 Å². The van der Waals surface area contributed by atoms with E-state index in [2.05, 4.69) is 0 Å². The molecule has 0 aromatic carbocycles. The second-order valence-corrected chi connectivity index (χ2v) is 5.51. The molecule has 0 heterocycles. The minimum absolute atomic E-state index is 0.243. The van der Waals surface area contributed by atoms with E-state index in [0.29, 0.717) is 6.42 Å². The van der Waals surface area contributed by atoms with Gasteiger partial charge in [-0.3, -0.25) is 0 Å². The summed E-state index contributed by atoms with van der Waals surface area (Å²) < 4.78 is 23.0. The molecule has 0 N–H and O–H groups in total. The van der Waals surface area contributed by atoms with Crippen LogP contribution in [0.25, 0.3) is 0 Å². The Morgan fingerprint density at radius 2 is 2.00 bits per heavy atom. The summed E-state index contributed by atoms with van der Waals surface area (Å²) in [6.07, 6.45) is 0.650. The standard InChI is InChI=1S/C4H9.2FH.Ga/c1-3-4-2;;;/h3H,4H2,1-2H3;2*1H;/q;;;+2/p-2. The van der Waals surface area contributed by atoms with E-state index in [9.17, 15) is 6.57 Å². The van der Waals surface area contributed by atoms with E-state index in [-0.39, 0.29) is 4.47 Å². The Hall–Kier alpha value is 0.496. The Morgan fingerprint density at radius 1 is 1.57 bits per heavy atom. The van der Waals surface area contributed by atoms with Crippen molar-refractivity contribution in [2.75, 3.05) is 0 Å². The van der Waals surface area contributed by atoms with Crippen LogP contribution in [0, 0.1) is 0 Å². The van der Waals surface area contributed by atoms with Crippen LogP contribution in [0.5, 0.6) is 0 Å². The summed E-state index contributed by atoms with van der Waals surface area (Å²) in [4.78, 5) is 0. The normalized spacial score (nSPS) is 13.7. The van der Waals surface area contributed by atoms with Gasteiger partial charge in [0.2, 0.25) is 0 Å². The summed E-state index contributed by atoms with van der Waals surface area (Å²) >= 11 is -3.66. The molecule has 0 saturated heterocycles. The Balaban J connectivity index is 3.14. The van der Waals surface area contributed by atoms with Crippen LogP contribution in [0.2, 0.25) is 4.47 Å². The van der Waals surface area contributed by atoms with Gasteiger partial charge in [-0.25, -0.2) is 0 Å². The van der Waals surface area contributed by atoms with Crippen molar-refractivity contribution in [2.45, 2.75) is 24.7 Å². The molecule has 7 heavy (non-hydrogen) atoms. The summed E-state index contributed by atoms with van der Waals surface area (Å²) in [7, 11) is 0. The Kier molecular flexibility index (Phi) is 3.74. The van der Waals surface area contributed by atoms with Gasteiger partial charge in [-0.2, -0.15) is 0 Å². The molecule has 0 nitrogen and oxygen atoms in total. The maximum atomic E-state index is 11.6. The average molecular weight is 165 g/mol. The van der Waals surface area contributed by atoms with Crippen LogP contribution >= 0.6 is 0 Å². The first-order chi connectivity index (χ1) is 3.18. The molecule has 0 aliphatic rings. The predicted molar refractivity (Wildman–Crippen MR) is 27.7 cm³/mol. The van der Waals surface area contributed by atoms with E-state index in [0.717, 1.165) is 0 Å². The number of hydrogen-bond acceptors (Lipinski definition) is 0. The summed E-state index contributed by atoms with van der Waals surface area (Å²) in [5, 5.41) is 0. The van der Waals surface area contributed by atoms with Crippen molar-refractivity contribution < 1.29 is 6.57 Å². The van der Waals surface area contributed by atoms with Gasteiger partial charge in [-0.1, -0.05) is 0 Å². The zero-order chi connectivity index (χ0) is 5.86. The first-order valence-corrected chi connectivity index (χ1v) is 5.69. The van der Waals surface area contributed by atoms with Crippen molar-refractivity contribution in [1.82, 2.24) is 0 Å². The first kappa shape index (κ1) is 7.50. The van der Waals surface area contributed by atoms with Crippen LogP contribution in [0.4, 0.5) is 6.57 Å². The van der Waals surface area contributed by atoms with Crippen molar-refractivity contribution in [1.29, 1.82) is 0 Å². The molecule has 0 rings (SSSR count). The maximum absolute atomic E-state index is 11.6. The topological polar surface area (TPSA) is 0 Å². The van der Waals surface area contributed by atoms with Crippen molar-refractivity contribution in [3.05, 3.63) is 0 Å². The van der Waals surface area contributed by atoms with Crippen LogP contribution in [-0.4, -0.2) is 17.2 Å². The predicted octanol–water partition coefficient (Wildman–Crippen LogP) is 2.21. The van der Waals surface area contributed by atoms with Gasteiger partial charge in [-0.05, 0) is 0 Å². The quantitative estimate of drug-likeness (QED) is 0.550. The van der Waals surface area contributed by atoms with Gasteiger partial charge < -0.3 is 0 Å². The molecular formula is C4H9F2Ga. The third-order valence-electron chi connectivity index (χ3n) is 1.07. The van der Waals surface area contributed by atoms with Crippen molar-refractivity contribution >= 4 is 17.2 Å². The van der Waals surface area contributed by atoms with Crippen LogP contribution < -0.4 is 0 Å². The molecule has 1 atom stereocenters. The second-order valence-electron chi connectivity index (χ2n) is 1.72. The van der Waals surface area contributed by atoms with Crippen molar-refractivity contribution in [2.24, 2.45) is 0 Å². The molecule has 0 bridgehead atoms. The van der Waals surface area contributed by atoms with E-state index in [1.54, 1.807) is 6.92 Å². The fourth-order valence-electron chi connectivity index (χ4n) is 0.178. The molecule has 1 unspecified atom stereocenters. The number of hydrogen-bond donors (Lipinski definition) is 0. The third-order valence-corrected chi connectivity index (χ3v) is 3.87. The number of halogens is 2. The van der Waals surface area contributed by atoms with Crippen LogP contribution in [0.15, 0.2) is 0 Å². The summed E-state index contributed by atoms with van der Waals surface area (Å²) in [6.45, 7) is 3.44. The molecule has 0 radical (unpaired) electrons. The van der Waals surface area contributed by atoms with Gasteiger partial charge in [0, 0.05) is 0 Å². The van der Waals surface area contributed by atoms with E-state index >= 15 is 0 Å². The fraction of sp³-hybridized carbons (Fsp3) is 1.00. The van der Waals surface area contributed by atoms with Crippen molar-refractivity contribution in [3.63, 3.8) is 0 Å². The molecule has 0 aliphatic carbocycles. The van der Waals surface area contributed by atoms with Gasteiger partial charge in [-0.15, -0.1) is 0 Å². The SMILES string of the molecule is CC[CH](C)[Ga]([F])[F]. The average Bonchev–Trinajstić information content (AvgIpc) is 1.65. The molecule has 0 fully saturated rings. The monoisotopic (exact) mass is 164 g/mol. The van der Waals surface area contributed by atoms with Gasteiger partial charge in [0.25, 0.3) is 0 Å². The van der Waals surface area contributed by atoms with E-state index in [1.807, 2.05) is 6.92 Å². The van der Waals surface area contributed by atoms with Crippen LogP contribution in [0.3, 0.4) is 0 Å². The Labute approximate surface area is 49.1 Å². The fourth-order valence-corrected chi connectivity index (χ4v) is 0.926. The molecule has 0 aromatic heterocycles. The summed E-state index contributed by atoms with van der Waals surface area (Å²) in [5.74, 6) is 0. The molecule has 0 spiro atoms. The second kappa shape index (κ2) is 3.49. The summed E-state index contributed by atoms with van der Waals surface area (Å²) in [5.41, 5.74) is 0. The molecular weight excluding hydrogens is 156 g/mol. The van der Waals surface area contributed by atoms with Crippen LogP contribution in [-0.2, 0) is 0 Å². The third kappa shape index (κ3) is 3.11. The van der Waals surface area contributed by atoms with E-state index in [1.165, 1.54) is 0 Å². The van der Waals surface area contributed by atoms with Gasteiger partial charge in [0.15, 0.2) is 0 Å². The van der Waals surface area contributed by atoms with E-state index in [4.69, 9.17) is 0 Å². The van der Waals surface area contributed by atoms with Gasteiger partial charge in [0.1, 0.15) is 0 Å². The van der Waals surface area contributed by atoms with E-state index < -0.39 is 17.2 Å². The van der Waals surface area contributed by atoms with Crippen LogP contribution in [0.1, 0.15) is 20.3 Å². The molecule has 0 amide bonds. The van der Waals surface area contributed by atoms with Gasteiger partial charge >= 0.3 is 48.5 Å². The molecule has 42 valence electrons. The molecule has 3 heteroatoms. The molecule has 0 aromatic rings. The van der Waals surface area contributed by atoms with Gasteiger partial charge in [0.05, 0.1) is 0 Å².